The van der Waals surface area contributed by atoms with Crippen molar-refractivity contribution in [1.29, 1.82) is 0 Å². The van der Waals surface area contributed by atoms with Crippen molar-refractivity contribution in [2.75, 3.05) is 11.9 Å². The topological polar surface area (TPSA) is 95.5 Å². The quantitative estimate of drug-likeness (QED) is 0.578. The molecule has 0 bridgehead atoms. The number of rotatable bonds is 10. The Labute approximate surface area is 136 Å². The van der Waals surface area contributed by atoms with Gasteiger partial charge in [0.2, 0.25) is 5.91 Å². The molecule has 0 fully saturated rings. The molecule has 0 aromatic heterocycles. The van der Waals surface area contributed by atoms with E-state index in [1.165, 1.54) is 6.92 Å². The summed E-state index contributed by atoms with van der Waals surface area (Å²) in [7, 11) is 0. The van der Waals surface area contributed by atoms with Crippen LogP contribution in [0.4, 0.5) is 5.69 Å². The van der Waals surface area contributed by atoms with Gasteiger partial charge in [0.05, 0.1) is 0 Å². The summed E-state index contributed by atoms with van der Waals surface area (Å²) in [5.74, 6) is -1.03. The van der Waals surface area contributed by atoms with E-state index < -0.39 is 5.97 Å². The fourth-order valence-electron chi connectivity index (χ4n) is 2.14. The fourth-order valence-corrected chi connectivity index (χ4v) is 2.14. The molecule has 0 saturated carbocycles. The van der Waals surface area contributed by atoms with Gasteiger partial charge in [-0.1, -0.05) is 19.3 Å². The van der Waals surface area contributed by atoms with Crippen LogP contribution < -0.4 is 10.6 Å². The third-order valence-electron chi connectivity index (χ3n) is 3.32. The number of nitrogens with one attached hydrogen (secondary N) is 2. The SMILES string of the molecule is CC(=O)Nc1ccc(C(=O)NCCCCCCCC(=O)O)cc1. The second kappa shape index (κ2) is 10.4. The standard InChI is InChI=1S/C17H24N2O4/c1-13(20)19-15-10-8-14(9-11-15)17(23)18-12-6-4-2-3-5-7-16(21)22/h8-11H,2-7,12H2,1H3,(H,18,23)(H,19,20)(H,21,22). The number of anilines is 1. The summed E-state index contributed by atoms with van der Waals surface area (Å²) in [6, 6.07) is 6.73. The number of carboxylic acid groups (broad SMARTS) is 1. The molecule has 0 aliphatic carbocycles. The Morgan fingerprint density at radius 1 is 0.957 bits per heavy atom. The van der Waals surface area contributed by atoms with Gasteiger partial charge in [-0.25, -0.2) is 0 Å². The van der Waals surface area contributed by atoms with Crippen molar-refractivity contribution < 1.29 is 19.5 Å². The maximum atomic E-state index is 11.9. The third kappa shape index (κ3) is 8.60. The van der Waals surface area contributed by atoms with Crippen molar-refractivity contribution in [2.24, 2.45) is 0 Å². The Morgan fingerprint density at radius 2 is 1.57 bits per heavy atom. The van der Waals surface area contributed by atoms with Crippen LogP contribution in [0, 0.1) is 0 Å². The first kappa shape index (κ1) is 18.7. The predicted octanol–water partition coefficient (Wildman–Crippen LogP) is 2.80. The zero-order valence-corrected chi connectivity index (χ0v) is 13.4. The van der Waals surface area contributed by atoms with E-state index in [0.29, 0.717) is 24.2 Å². The van der Waals surface area contributed by atoms with E-state index in [0.717, 1.165) is 25.7 Å². The van der Waals surface area contributed by atoms with Crippen molar-refractivity contribution in [3.05, 3.63) is 29.8 Å². The Morgan fingerprint density at radius 3 is 2.17 bits per heavy atom. The van der Waals surface area contributed by atoms with Gasteiger partial charge in [-0.2, -0.15) is 0 Å². The van der Waals surface area contributed by atoms with Crippen LogP contribution in [0.1, 0.15) is 55.8 Å². The second-order valence-electron chi connectivity index (χ2n) is 5.43. The first-order valence-corrected chi connectivity index (χ1v) is 7.86. The number of carboxylic acids is 1. The highest BCUT2D eigenvalue weighted by Gasteiger charge is 2.05. The first-order chi connectivity index (χ1) is 11.0. The van der Waals surface area contributed by atoms with Gasteiger partial charge in [-0.3, -0.25) is 14.4 Å². The summed E-state index contributed by atoms with van der Waals surface area (Å²) in [5, 5.41) is 14.0. The molecular formula is C17H24N2O4. The molecule has 0 unspecified atom stereocenters. The number of benzene rings is 1. The van der Waals surface area contributed by atoms with E-state index in [9.17, 15) is 14.4 Å². The van der Waals surface area contributed by atoms with Crippen LogP contribution in [0.25, 0.3) is 0 Å². The van der Waals surface area contributed by atoms with Gasteiger partial charge in [0.25, 0.3) is 5.91 Å². The van der Waals surface area contributed by atoms with Crippen molar-refractivity contribution in [3.8, 4) is 0 Å². The largest absolute Gasteiger partial charge is 0.481 e. The zero-order valence-electron chi connectivity index (χ0n) is 13.4. The maximum Gasteiger partial charge on any atom is 0.303 e. The van der Waals surface area contributed by atoms with Crippen molar-refractivity contribution in [3.63, 3.8) is 0 Å². The number of hydrogen-bond donors (Lipinski definition) is 3. The van der Waals surface area contributed by atoms with E-state index in [4.69, 9.17) is 5.11 Å². The highest BCUT2D eigenvalue weighted by Crippen LogP contribution is 2.09. The Balaban J connectivity index is 2.16. The predicted molar refractivity (Wildman–Crippen MR) is 88.4 cm³/mol. The van der Waals surface area contributed by atoms with E-state index in [1.807, 2.05) is 0 Å². The van der Waals surface area contributed by atoms with E-state index in [1.54, 1.807) is 24.3 Å². The molecule has 0 spiro atoms. The molecule has 0 saturated heterocycles. The highest BCUT2D eigenvalue weighted by molar-refractivity contribution is 5.95. The highest BCUT2D eigenvalue weighted by atomic mass is 16.4. The molecule has 0 heterocycles. The zero-order chi connectivity index (χ0) is 17.1. The monoisotopic (exact) mass is 320 g/mol. The van der Waals surface area contributed by atoms with Crippen LogP contribution in [0.3, 0.4) is 0 Å². The van der Waals surface area contributed by atoms with Gasteiger partial charge >= 0.3 is 5.97 Å². The van der Waals surface area contributed by atoms with Crippen LogP contribution in [-0.2, 0) is 9.59 Å². The van der Waals surface area contributed by atoms with Gasteiger partial charge in [-0.05, 0) is 37.1 Å². The van der Waals surface area contributed by atoms with Gasteiger partial charge in [0, 0.05) is 31.1 Å². The number of amides is 2. The molecule has 0 atom stereocenters. The van der Waals surface area contributed by atoms with Crippen LogP contribution >= 0.6 is 0 Å². The molecule has 0 aliphatic heterocycles. The Bertz CT molecular complexity index is 526. The molecular weight excluding hydrogens is 296 g/mol. The maximum absolute atomic E-state index is 11.9. The van der Waals surface area contributed by atoms with Crippen molar-refractivity contribution >= 4 is 23.5 Å². The summed E-state index contributed by atoms with van der Waals surface area (Å²) < 4.78 is 0. The second-order valence-corrected chi connectivity index (χ2v) is 5.43. The van der Waals surface area contributed by atoms with Crippen LogP contribution in [0.5, 0.6) is 0 Å². The minimum absolute atomic E-state index is 0.134. The number of carbonyl (C=O) groups excluding carboxylic acids is 2. The summed E-state index contributed by atoms with van der Waals surface area (Å²) in [4.78, 5) is 33.2. The average Bonchev–Trinajstić information content (AvgIpc) is 2.49. The molecule has 1 aromatic carbocycles. The lowest BCUT2D eigenvalue weighted by molar-refractivity contribution is -0.137. The molecule has 3 N–H and O–H groups in total. The fraction of sp³-hybridized carbons (Fsp3) is 0.471. The number of hydrogen-bond acceptors (Lipinski definition) is 3. The molecule has 126 valence electrons. The Kier molecular flexibility index (Phi) is 8.42. The van der Waals surface area contributed by atoms with Gasteiger partial charge in [-0.15, -0.1) is 0 Å². The molecule has 2 amide bonds. The van der Waals surface area contributed by atoms with E-state index in [2.05, 4.69) is 10.6 Å². The summed E-state index contributed by atoms with van der Waals surface area (Å²) in [6.07, 6.45) is 4.68. The number of aliphatic carboxylic acids is 1. The third-order valence-corrected chi connectivity index (χ3v) is 3.32. The summed E-state index contributed by atoms with van der Waals surface area (Å²) in [6.45, 7) is 2.04. The molecule has 1 aromatic rings. The molecule has 23 heavy (non-hydrogen) atoms. The molecule has 6 heteroatoms. The van der Waals surface area contributed by atoms with Gasteiger partial charge in [0.15, 0.2) is 0 Å². The van der Waals surface area contributed by atoms with E-state index in [-0.39, 0.29) is 18.2 Å². The lowest BCUT2D eigenvalue weighted by Gasteiger charge is -2.06. The molecule has 1 rings (SSSR count). The summed E-state index contributed by atoms with van der Waals surface area (Å²) >= 11 is 0. The molecule has 0 aliphatic rings. The average molecular weight is 320 g/mol. The Hall–Kier alpha value is -2.37. The lowest BCUT2D eigenvalue weighted by atomic mass is 10.1. The molecule has 6 nitrogen and oxygen atoms in total. The van der Waals surface area contributed by atoms with E-state index >= 15 is 0 Å². The van der Waals surface area contributed by atoms with Crippen LogP contribution in [0.15, 0.2) is 24.3 Å². The molecule has 0 radical (unpaired) electrons. The normalized spacial score (nSPS) is 10.1. The smallest absolute Gasteiger partial charge is 0.303 e. The minimum atomic E-state index is -0.748. The number of unbranched alkanes of at least 4 members (excludes halogenated alkanes) is 4. The van der Waals surface area contributed by atoms with Crippen molar-refractivity contribution in [1.82, 2.24) is 5.32 Å². The lowest BCUT2D eigenvalue weighted by Crippen LogP contribution is -2.24. The first-order valence-electron chi connectivity index (χ1n) is 7.86. The summed E-state index contributed by atoms with van der Waals surface area (Å²) in [5.41, 5.74) is 1.22. The van der Waals surface area contributed by atoms with Crippen LogP contribution in [0.2, 0.25) is 0 Å². The van der Waals surface area contributed by atoms with Crippen LogP contribution in [-0.4, -0.2) is 29.4 Å². The number of carbonyl (C=O) groups is 3. The minimum Gasteiger partial charge on any atom is -0.481 e. The van der Waals surface area contributed by atoms with Gasteiger partial charge < -0.3 is 15.7 Å². The van der Waals surface area contributed by atoms with Crippen molar-refractivity contribution in [2.45, 2.75) is 45.4 Å². The van der Waals surface area contributed by atoms with Gasteiger partial charge in [0.1, 0.15) is 0 Å².